The number of nitrogens with one attached hydrogen (secondary N) is 1. The number of nitrogens with zero attached hydrogens (tertiary/aromatic N) is 2. The van der Waals surface area contributed by atoms with Gasteiger partial charge in [-0.15, -0.1) is 11.3 Å². The Hall–Kier alpha value is -1.34. The number of aromatic nitrogens is 2. The summed E-state index contributed by atoms with van der Waals surface area (Å²) in [5.74, 6) is 0.670. The molecule has 0 amide bonds. The predicted molar refractivity (Wildman–Crippen MR) is 88.3 cm³/mol. The molecule has 0 aliphatic rings. The SMILES string of the molecule is CCCNc1nc(SCC(=O)OCC)c2cc(C)sc2n1. The number of fused-ring (bicyclic) bond motifs is 1. The first-order chi connectivity index (χ1) is 10.1. The molecule has 21 heavy (non-hydrogen) atoms. The van der Waals surface area contributed by atoms with Crippen LogP contribution in [0.2, 0.25) is 0 Å². The summed E-state index contributed by atoms with van der Waals surface area (Å²) in [4.78, 5) is 22.7. The Morgan fingerprint density at radius 2 is 2.24 bits per heavy atom. The highest BCUT2D eigenvalue weighted by Crippen LogP contribution is 2.32. The summed E-state index contributed by atoms with van der Waals surface area (Å²) in [6.07, 6.45) is 1.01. The first-order valence-electron chi connectivity index (χ1n) is 6.94. The quantitative estimate of drug-likeness (QED) is 0.478. The van der Waals surface area contributed by atoms with Crippen molar-refractivity contribution in [1.82, 2.24) is 9.97 Å². The monoisotopic (exact) mass is 325 g/mol. The number of carbonyl (C=O) groups excluding carboxylic acids is 1. The third-order valence-electron chi connectivity index (χ3n) is 2.65. The molecule has 0 atom stereocenters. The van der Waals surface area contributed by atoms with E-state index in [1.165, 1.54) is 16.6 Å². The van der Waals surface area contributed by atoms with Gasteiger partial charge in [-0.25, -0.2) is 9.97 Å². The maximum Gasteiger partial charge on any atom is 0.316 e. The van der Waals surface area contributed by atoms with Crippen LogP contribution in [-0.2, 0) is 9.53 Å². The molecule has 2 rings (SSSR count). The van der Waals surface area contributed by atoms with E-state index >= 15 is 0 Å². The highest BCUT2D eigenvalue weighted by atomic mass is 32.2. The predicted octanol–water partition coefficient (Wildman–Crippen LogP) is 3.48. The van der Waals surface area contributed by atoms with Crippen LogP contribution in [0.15, 0.2) is 11.1 Å². The van der Waals surface area contributed by atoms with Gasteiger partial charge in [0.1, 0.15) is 9.86 Å². The lowest BCUT2D eigenvalue weighted by atomic mass is 10.4. The van der Waals surface area contributed by atoms with E-state index in [9.17, 15) is 4.79 Å². The van der Waals surface area contributed by atoms with E-state index in [0.717, 1.165) is 28.2 Å². The van der Waals surface area contributed by atoms with Crippen molar-refractivity contribution in [2.45, 2.75) is 32.2 Å². The second kappa shape index (κ2) is 7.61. The second-order valence-electron chi connectivity index (χ2n) is 4.45. The van der Waals surface area contributed by atoms with Gasteiger partial charge in [-0.3, -0.25) is 4.79 Å². The summed E-state index contributed by atoms with van der Waals surface area (Å²) >= 11 is 3.04. The number of thioether (sulfide) groups is 1. The maximum atomic E-state index is 11.5. The smallest absolute Gasteiger partial charge is 0.316 e. The number of rotatable bonds is 7. The molecule has 0 saturated heterocycles. The normalized spacial score (nSPS) is 10.8. The van der Waals surface area contributed by atoms with Gasteiger partial charge < -0.3 is 10.1 Å². The van der Waals surface area contributed by atoms with Crippen LogP contribution in [0.1, 0.15) is 25.1 Å². The summed E-state index contributed by atoms with van der Waals surface area (Å²) in [5.41, 5.74) is 0. The molecule has 2 heterocycles. The maximum absolute atomic E-state index is 11.5. The van der Waals surface area contributed by atoms with Gasteiger partial charge in [0.15, 0.2) is 0 Å². The van der Waals surface area contributed by atoms with Crippen molar-refractivity contribution in [3.63, 3.8) is 0 Å². The Morgan fingerprint density at radius 1 is 1.43 bits per heavy atom. The molecule has 0 bridgehead atoms. The molecular weight excluding hydrogens is 306 g/mol. The fourth-order valence-corrected chi connectivity index (χ4v) is 3.52. The van der Waals surface area contributed by atoms with Crippen molar-refractivity contribution < 1.29 is 9.53 Å². The van der Waals surface area contributed by atoms with E-state index in [2.05, 4.69) is 28.3 Å². The first-order valence-corrected chi connectivity index (χ1v) is 8.74. The van der Waals surface area contributed by atoms with Crippen molar-refractivity contribution in [2.24, 2.45) is 0 Å². The van der Waals surface area contributed by atoms with E-state index in [0.29, 0.717) is 12.6 Å². The molecule has 1 N–H and O–H groups in total. The van der Waals surface area contributed by atoms with E-state index in [4.69, 9.17) is 4.74 Å². The summed E-state index contributed by atoms with van der Waals surface area (Å²) in [7, 11) is 0. The highest BCUT2D eigenvalue weighted by Gasteiger charge is 2.13. The van der Waals surface area contributed by atoms with Crippen LogP contribution < -0.4 is 5.32 Å². The van der Waals surface area contributed by atoms with Crippen molar-refractivity contribution >= 4 is 45.2 Å². The van der Waals surface area contributed by atoms with Crippen LogP contribution in [-0.4, -0.2) is 34.8 Å². The zero-order chi connectivity index (χ0) is 15.2. The number of aryl methyl sites for hydroxylation is 1. The van der Waals surface area contributed by atoms with Crippen LogP contribution in [0.3, 0.4) is 0 Å². The third kappa shape index (κ3) is 4.31. The number of hydrogen-bond donors (Lipinski definition) is 1. The Balaban J connectivity index is 2.23. The van der Waals surface area contributed by atoms with Gasteiger partial charge in [0.2, 0.25) is 5.95 Å². The lowest BCUT2D eigenvalue weighted by Gasteiger charge is -2.07. The Labute approximate surface area is 132 Å². The first kappa shape index (κ1) is 16.0. The Bertz CT molecular complexity index is 628. The fraction of sp³-hybridized carbons (Fsp3) is 0.500. The number of hydrogen-bond acceptors (Lipinski definition) is 7. The van der Waals surface area contributed by atoms with Gasteiger partial charge in [-0.05, 0) is 26.3 Å². The van der Waals surface area contributed by atoms with E-state index < -0.39 is 0 Å². The van der Waals surface area contributed by atoms with Gasteiger partial charge in [-0.2, -0.15) is 0 Å². The number of anilines is 1. The molecule has 7 heteroatoms. The molecule has 2 aromatic heterocycles. The van der Waals surface area contributed by atoms with E-state index in [1.807, 2.05) is 6.92 Å². The zero-order valence-electron chi connectivity index (χ0n) is 12.4. The molecule has 114 valence electrons. The number of thiophene rings is 1. The average molecular weight is 325 g/mol. The molecule has 0 radical (unpaired) electrons. The lowest BCUT2D eigenvalue weighted by molar-refractivity contribution is -0.139. The molecule has 0 fully saturated rings. The molecule has 0 unspecified atom stereocenters. The number of esters is 1. The van der Waals surface area contributed by atoms with Crippen molar-refractivity contribution in [3.05, 3.63) is 10.9 Å². The van der Waals surface area contributed by atoms with Crippen LogP contribution in [0, 0.1) is 6.92 Å². The minimum absolute atomic E-state index is 0.218. The van der Waals surface area contributed by atoms with Crippen LogP contribution in [0.4, 0.5) is 5.95 Å². The van der Waals surface area contributed by atoms with Crippen molar-refractivity contribution in [2.75, 3.05) is 24.2 Å². The van der Waals surface area contributed by atoms with Crippen LogP contribution >= 0.6 is 23.1 Å². The molecule has 2 aromatic rings. The van der Waals surface area contributed by atoms with Crippen molar-refractivity contribution in [3.8, 4) is 0 Å². The summed E-state index contributed by atoms with van der Waals surface area (Å²) in [6.45, 7) is 7.18. The second-order valence-corrected chi connectivity index (χ2v) is 6.65. The third-order valence-corrected chi connectivity index (χ3v) is 4.56. The molecular formula is C14H19N3O2S2. The summed E-state index contributed by atoms with van der Waals surface area (Å²) < 4.78 is 4.96. The minimum atomic E-state index is -0.218. The van der Waals surface area contributed by atoms with E-state index in [-0.39, 0.29) is 11.7 Å². The van der Waals surface area contributed by atoms with Gasteiger partial charge >= 0.3 is 5.97 Å². The molecule has 0 aromatic carbocycles. The highest BCUT2D eigenvalue weighted by molar-refractivity contribution is 8.00. The van der Waals surface area contributed by atoms with Crippen molar-refractivity contribution in [1.29, 1.82) is 0 Å². The molecule has 0 aliphatic heterocycles. The van der Waals surface area contributed by atoms with Crippen LogP contribution in [0.25, 0.3) is 10.2 Å². The number of ether oxygens (including phenoxy) is 1. The molecule has 0 aliphatic carbocycles. The van der Waals surface area contributed by atoms with Gasteiger partial charge in [-0.1, -0.05) is 18.7 Å². The van der Waals surface area contributed by atoms with E-state index in [1.54, 1.807) is 18.3 Å². The molecule has 0 spiro atoms. The van der Waals surface area contributed by atoms with Gasteiger partial charge in [0.05, 0.1) is 12.4 Å². The standard InChI is InChI=1S/C14H19N3O2S2/c1-4-6-15-14-16-12(20-8-11(18)19-5-2)10-7-9(3)21-13(10)17-14/h7H,4-6,8H2,1-3H3,(H,15,16,17). The Kier molecular flexibility index (Phi) is 5.81. The Morgan fingerprint density at radius 3 is 2.95 bits per heavy atom. The molecule has 5 nitrogen and oxygen atoms in total. The lowest BCUT2D eigenvalue weighted by Crippen LogP contribution is -2.08. The minimum Gasteiger partial charge on any atom is -0.465 e. The topological polar surface area (TPSA) is 64.1 Å². The summed E-state index contributed by atoms with van der Waals surface area (Å²) in [5, 5.41) is 5.04. The zero-order valence-corrected chi connectivity index (χ0v) is 14.1. The largest absolute Gasteiger partial charge is 0.465 e. The fourth-order valence-electron chi connectivity index (χ4n) is 1.77. The average Bonchev–Trinajstić information content (AvgIpc) is 2.83. The number of carbonyl (C=O) groups is 1. The van der Waals surface area contributed by atoms with Crippen LogP contribution in [0.5, 0.6) is 0 Å². The molecule has 0 saturated carbocycles. The van der Waals surface area contributed by atoms with Gasteiger partial charge in [0.25, 0.3) is 0 Å². The van der Waals surface area contributed by atoms with Gasteiger partial charge in [0, 0.05) is 16.8 Å². The summed E-state index contributed by atoms with van der Waals surface area (Å²) in [6, 6.07) is 2.07.